The molecule has 0 amide bonds. The molecule has 0 bridgehead atoms. The van der Waals surface area contributed by atoms with E-state index in [4.69, 9.17) is 34.1 Å². The SMILES string of the molecule is CON(CCNC(=S)Nc1ccc(Nc2ccc(NC(=S)NCCN(OC)S(=O)(=O)c3ccccc3[N+](=O)[O-])cc2)cc1)S(=O)(=O)c1ccccc1[N+](=O)[O-]. The molecule has 0 saturated heterocycles. The number of nitro groups is 2. The maximum absolute atomic E-state index is 13.0. The lowest BCUT2D eigenvalue weighted by Gasteiger charge is -2.20. The van der Waals surface area contributed by atoms with E-state index in [2.05, 4.69) is 26.6 Å². The van der Waals surface area contributed by atoms with Crippen molar-refractivity contribution in [1.29, 1.82) is 0 Å². The highest BCUT2D eigenvalue weighted by molar-refractivity contribution is 7.89. The number of thiocarbonyl (C=S) groups is 2. The third-order valence-electron chi connectivity index (χ3n) is 7.36. The Kier molecular flexibility index (Phi) is 14.8. The summed E-state index contributed by atoms with van der Waals surface area (Å²) in [7, 11) is -6.38. The Morgan fingerprint density at radius 2 is 0.927 bits per heavy atom. The lowest BCUT2D eigenvalue weighted by Crippen LogP contribution is -2.39. The lowest BCUT2D eigenvalue weighted by atomic mass is 10.2. The van der Waals surface area contributed by atoms with E-state index >= 15 is 0 Å². The molecule has 0 aromatic heterocycles. The van der Waals surface area contributed by atoms with E-state index in [9.17, 15) is 37.1 Å². The van der Waals surface area contributed by atoms with E-state index in [1.807, 2.05) is 24.3 Å². The van der Waals surface area contributed by atoms with Gasteiger partial charge in [-0.1, -0.05) is 33.2 Å². The highest BCUT2D eigenvalue weighted by atomic mass is 32.2. The standard InChI is InChI=1S/C32H35N9O10S4/c1-50-38(54(46,47)29-9-5-3-7-27(29)40(42)43)21-19-33-31(52)36-25-15-11-23(12-16-25)35-24-13-17-26(18-14-24)37-32(53)34-20-22-39(51-2)55(48,49)30-10-6-4-8-28(30)41(44)45/h3-18,35H,19-22H2,1-2H3,(H2,33,36,52)(H2,34,37,53). The zero-order valence-corrected chi connectivity index (χ0v) is 32.3. The second-order valence-electron chi connectivity index (χ2n) is 10.9. The van der Waals surface area contributed by atoms with Gasteiger partial charge in [0.15, 0.2) is 20.0 Å². The molecule has 0 saturated carbocycles. The molecular weight excluding hydrogens is 799 g/mol. The van der Waals surface area contributed by atoms with Gasteiger partial charge in [0.05, 0.1) is 37.2 Å². The van der Waals surface area contributed by atoms with Crippen molar-refractivity contribution < 1.29 is 36.4 Å². The van der Waals surface area contributed by atoms with E-state index in [1.54, 1.807) is 24.3 Å². The van der Waals surface area contributed by atoms with Crippen LogP contribution >= 0.6 is 24.4 Å². The molecule has 0 fully saturated rings. The van der Waals surface area contributed by atoms with E-state index in [0.29, 0.717) is 20.3 Å². The number of hydrogen-bond donors (Lipinski definition) is 5. The summed E-state index contributed by atoms with van der Waals surface area (Å²) in [5.74, 6) is 0. The summed E-state index contributed by atoms with van der Waals surface area (Å²) in [6.45, 7) is -0.330. The average molecular weight is 834 g/mol. The van der Waals surface area contributed by atoms with Crippen LogP contribution < -0.4 is 26.6 Å². The predicted molar refractivity (Wildman–Crippen MR) is 213 cm³/mol. The second-order valence-corrected chi connectivity index (χ2v) is 15.3. The van der Waals surface area contributed by atoms with Crippen LogP contribution in [0.25, 0.3) is 0 Å². The van der Waals surface area contributed by atoms with Crippen molar-refractivity contribution in [3.05, 3.63) is 117 Å². The quantitative estimate of drug-likeness (QED) is 0.0533. The fourth-order valence-corrected chi connectivity index (χ4v) is 8.05. The Morgan fingerprint density at radius 1 is 0.600 bits per heavy atom. The average Bonchev–Trinajstić information content (AvgIpc) is 3.16. The number of hydrogen-bond acceptors (Lipinski definition) is 13. The Balaban J connectivity index is 1.21. The number of rotatable bonds is 18. The number of hydroxylamine groups is 2. The first-order chi connectivity index (χ1) is 26.2. The van der Waals surface area contributed by atoms with Crippen LogP contribution in [0, 0.1) is 20.2 Å². The third-order valence-corrected chi connectivity index (χ3v) is 11.4. The summed E-state index contributed by atoms with van der Waals surface area (Å²) in [4.78, 5) is 30.1. The molecule has 0 aliphatic carbocycles. The van der Waals surface area contributed by atoms with Crippen LogP contribution in [0.4, 0.5) is 34.1 Å². The fraction of sp³-hybridized carbons (Fsp3) is 0.188. The molecule has 0 radical (unpaired) electrons. The van der Waals surface area contributed by atoms with Gasteiger partial charge in [-0.2, -0.15) is 0 Å². The molecule has 4 rings (SSSR count). The molecular formula is C32H35N9O10S4. The number of nitro benzene ring substituents is 2. The van der Waals surface area contributed by atoms with E-state index < -0.39 is 51.1 Å². The first-order valence-corrected chi connectivity index (χ1v) is 19.5. The maximum atomic E-state index is 13.0. The molecule has 23 heteroatoms. The lowest BCUT2D eigenvalue weighted by molar-refractivity contribution is -0.388. The monoisotopic (exact) mass is 833 g/mol. The van der Waals surface area contributed by atoms with Crippen LogP contribution in [-0.4, -0.2) is 86.2 Å². The molecule has 0 aliphatic rings. The van der Waals surface area contributed by atoms with Crippen LogP contribution in [0.15, 0.2) is 107 Å². The Hall–Kier alpha value is -5.40. The summed E-state index contributed by atoms with van der Waals surface area (Å²) in [6, 6.07) is 24.3. The normalized spacial score (nSPS) is 11.5. The van der Waals surface area contributed by atoms with Gasteiger partial charge in [-0.15, -0.1) is 0 Å². The van der Waals surface area contributed by atoms with E-state index in [1.165, 1.54) is 24.3 Å². The summed E-state index contributed by atoms with van der Waals surface area (Å²) in [5, 5.41) is 38.1. The van der Waals surface area contributed by atoms with Crippen molar-refractivity contribution in [2.45, 2.75) is 9.79 Å². The van der Waals surface area contributed by atoms with Crippen LogP contribution in [-0.2, 0) is 29.7 Å². The van der Waals surface area contributed by atoms with Crippen LogP contribution in [0.5, 0.6) is 0 Å². The Labute approximate surface area is 326 Å². The van der Waals surface area contributed by atoms with Gasteiger partial charge < -0.3 is 26.6 Å². The molecule has 4 aromatic carbocycles. The topological polar surface area (TPSA) is 240 Å². The van der Waals surface area contributed by atoms with Gasteiger partial charge in [0.1, 0.15) is 0 Å². The minimum atomic E-state index is -4.33. The molecule has 0 spiro atoms. The second kappa shape index (κ2) is 19.3. The summed E-state index contributed by atoms with van der Waals surface area (Å²) < 4.78 is 53.2. The molecule has 0 aliphatic heterocycles. The van der Waals surface area contributed by atoms with Crippen molar-refractivity contribution in [1.82, 2.24) is 19.6 Å². The zero-order chi connectivity index (χ0) is 40.2. The summed E-state index contributed by atoms with van der Waals surface area (Å²) >= 11 is 10.6. The van der Waals surface area contributed by atoms with Crippen LogP contribution in [0.1, 0.15) is 0 Å². The predicted octanol–water partition coefficient (Wildman–Crippen LogP) is 4.32. The first-order valence-electron chi connectivity index (χ1n) is 15.8. The zero-order valence-electron chi connectivity index (χ0n) is 29.1. The molecule has 292 valence electrons. The number of para-hydroxylation sites is 2. The Morgan fingerprint density at radius 3 is 1.25 bits per heavy atom. The first kappa shape index (κ1) is 42.3. The van der Waals surface area contributed by atoms with Crippen LogP contribution in [0.3, 0.4) is 0 Å². The number of benzene rings is 4. The number of nitrogens with zero attached hydrogens (tertiary/aromatic N) is 4. The molecule has 0 atom stereocenters. The van der Waals surface area contributed by atoms with Gasteiger partial charge in [-0.25, -0.2) is 16.8 Å². The van der Waals surface area contributed by atoms with Crippen molar-refractivity contribution in [2.75, 3.05) is 56.3 Å². The molecule has 5 N–H and O–H groups in total. The minimum Gasteiger partial charge on any atom is -0.361 e. The van der Waals surface area contributed by atoms with Gasteiger partial charge in [-0.05, 0) is 85.1 Å². The molecule has 4 aromatic rings. The number of sulfonamides is 2. The highest BCUT2D eigenvalue weighted by Crippen LogP contribution is 2.27. The van der Waals surface area contributed by atoms with Gasteiger partial charge in [-0.3, -0.25) is 29.9 Å². The van der Waals surface area contributed by atoms with E-state index in [0.717, 1.165) is 49.9 Å². The molecule has 19 nitrogen and oxygen atoms in total. The maximum Gasteiger partial charge on any atom is 0.289 e. The summed E-state index contributed by atoms with van der Waals surface area (Å²) in [6.07, 6.45) is 0. The van der Waals surface area contributed by atoms with Gasteiger partial charge >= 0.3 is 0 Å². The van der Waals surface area contributed by atoms with Crippen molar-refractivity contribution in [3.63, 3.8) is 0 Å². The molecule has 55 heavy (non-hydrogen) atoms. The van der Waals surface area contributed by atoms with Crippen molar-refractivity contribution >= 4 is 88.8 Å². The summed E-state index contributed by atoms with van der Waals surface area (Å²) in [5.41, 5.74) is 1.68. The van der Waals surface area contributed by atoms with Gasteiger partial charge in [0.2, 0.25) is 0 Å². The van der Waals surface area contributed by atoms with Crippen molar-refractivity contribution in [3.8, 4) is 0 Å². The smallest absolute Gasteiger partial charge is 0.289 e. The Bertz CT molecular complexity index is 2070. The van der Waals surface area contributed by atoms with Crippen molar-refractivity contribution in [2.24, 2.45) is 0 Å². The highest BCUT2D eigenvalue weighted by Gasteiger charge is 2.33. The largest absolute Gasteiger partial charge is 0.361 e. The van der Waals surface area contributed by atoms with E-state index in [-0.39, 0.29) is 36.4 Å². The third kappa shape index (κ3) is 11.3. The molecule has 0 heterocycles. The number of nitrogens with one attached hydrogen (secondary N) is 5. The van der Waals surface area contributed by atoms with Crippen LogP contribution in [0.2, 0.25) is 0 Å². The minimum absolute atomic E-state index is 0.0325. The molecule has 0 unspecified atom stereocenters. The fourth-order valence-electron chi connectivity index (χ4n) is 4.80. The van der Waals surface area contributed by atoms with Gasteiger partial charge in [0.25, 0.3) is 31.4 Å². The number of anilines is 4. The van der Waals surface area contributed by atoms with Gasteiger partial charge in [0, 0.05) is 48.0 Å².